The molecular formula is C36H40ClN3O5S. The number of hydrogen-bond donors (Lipinski definition) is 1. The monoisotopic (exact) mass is 661 g/mol. The fourth-order valence-corrected chi connectivity index (χ4v) is 6.66. The number of nitrogens with one attached hydrogen (secondary N) is 1. The predicted molar refractivity (Wildman–Crippen MR) is 183 cm³/mol. The number of carbonyl (C=O) groups is 2. The van der Waals surface area contributed by atoms with Gasteiger partial charge in [0.25, 0.3) is 10.0 Å². The molecule has 8 nitrogen and oxygen atoms in total. The summed E-state index contributed by atoms with van der Waals surface area (Å²) >= 11 is 6.56. The van der Waals surface area contributed by atoms with Gasteiger partial charge in [0.05, 0.1) is 17.2 Å². The van der Waals surface area contributed by atoms with Gasteiger partial charge in [-0.2, -0.15) is 0 Å². The Kier molecular flexibility index (Phi) is 11.8. The largest absolute Gasteiger partial charge is 0.492 e. The van der Waals surface area contributed by atoms with Gasteiger partial charge in [0.15, 0.2) is 0 Å². The van der Waals surface area contributed by atoms with E-state index in [1.807, 2.05) is 51.1 Å². The van der Waals surface area contributed by atoms with E-state index in [4.69, 9.17) is 16.3 Å². The number of ether oxygens (including phenoxy) is 1. The van der Waals surface area contributed by atoms with Gasteiger partial charge in [-0.25, -0.2) is 8.42 Å². The van der Waals surface area contributed by atoms with Crippen molar-refractivity contribution >= 4 is 39.1 Å². The molecule has 0 aliphatic heterocycles. The highest BCUT2D eigenvalue weighted by Gasteiger charge is 2.36. The predicted octanol–water partition coefficient (Wildman–Crippen LogP) is 6.41. The van der Waals surface area contributed by atoms with Crippen molar-refractivity contribution in [3.8, 4) is 5.75 Å². The molecule has 2 amide bonds. The third-order valence-corrected chi connectivity index (χ3v) is 9.46. The first-order chi connectivity index (χ1) is 22.0. The molecule has 0 saturated carbocycles. The third kappa shape index (κ3) is 8.68. The number of carbonyl (C=O) groups excluding carboxylic acids is 2. The second-order valence-electron chi connectivity index (χ2n) is 11.2. The van der Waals surface area contributed by atoms with Gasteiger partial charge < -0.3 is 15.0 Å². The molecular weight excluding hydrogens is 622 g/mol. The second-order valence-corrected chi connectivity index (χ2v) is 13.5. The lowest BCUT2D eigenvalue weighted by Gasteiger charge is -2.34. The van der Waals surface area contributed by atoms with Crippen LogP contribution in [-0.2, 0) is 32.6 Å². The molecule has 46 heavy (non-hydrogen) atoms. The molecule has 0 fully saturated rings. The Morgan fingerprint density at radius 1 is 0.870 bits per heavy atom. The molecule has 1 N–H and O–H groups in total. The number of rotatable bonds is 14. The summed E-state index contributed by atoms with van der Waals surface area (Å²) in [7, 11) is -4.27. The van der Waals surface area contributed by atoms with E-state index in [9.17, 15) is 18.0 Å². The van der Waals surface area contributed by atoms with Crippen LogP contribution in [-0.4, -0.2) is 50.4 Å². The fourth-order valence-electron chi connectivity index (χ4n) is 5.04. The number of hydrogen-bond acceptors (Lipinski definition) is 5. The lowest BCUT2D eigenvalue weighted by molar-refractivity contribution is -0.140. The summed E-state index contributed by atoms with van der Waals surface area (Å²) in [5, 5.41) is 3.38. The molecule has 0 aliphatic carbocycles. The number of halogens is 1. The maximum atomic E-state index is 14.6. The Bertz CT molecular complexity index is 1730. The maximum Gasteiger partial charge on any atom is 0.264 e. The van der Waals surface area contributed by atoms with Crippen molar-refractivity contribution in [2.75, 3.05) is 17.5 Å². The van der Waals surface area contributed by atoms with Gasteiger partial charge in [0, 0.05) is 24.0 Å². The molecule has 1 atom stereocenters. The van der Waals surface area contributed by atoms with Gasteiger partial charge in [0.1, 0.15) is 18.3 Å². The first kappa shape index (κ1) is 34.5. The van der Waals surface area contributed by atoms with Crippen LogP contribution in [0.3, 0.4) is 0 Å². The average molecular weight is 662 g/mol. The van der Waals surface area contributed by atoms with Crippen molar-refractivity contribution in [1.82, 2.24) is 10.2 Å². The van der Waals surface area contributed by atoms with Crippen molar-refractivity contribution < 1.29 is 22.7 Å². The number of nitrogens with zero attached hydrogens (tertiary/aromatic N) is 2. The second kappa shape index (κ2) is 15.8. The molecule has 0 spiro atoms. The standard InChI is InChI=1S/C36H40ClN3O5S/c1-5-45-34-18-12-11-17-32(34)40(46(43,44)30-21-19-27(4)20-22-30)25-35(41)39(24-29-15-9-10-16-31(29)37)33(36(42)38-26(2)3)23-28-13-7-6-8-14-28/h6-22,26,33H,5,23-25H2,1-4H3,(H,38,42)/t33-/m0/s1. The van der Waals surface area contributed by atoms with E-state index in [0.717, 1.165) is 15.4 Å². The average Bonchev–Trinajstić information content (AvgIpc) is 3.03. The third-order valence-electron chi connectivity index (χ3n) is 7.32. The zero-order valence-corrected chi connectivity index (χ0v) is 28.1. The maximum absolute atomic E-state index is 14.6. The summed E-state index contributed by atoms with van der Waals surface area (Å²) in [5.74, 6) is -0.631. The highest BCUT2D eigenvalue weighted by Crippen LogP contribution is 2.33. The summed E-state index contributed by atoms with van der Waals surface area (Å²) < 4.78 is 35.5. The van der Waals surface area contributed by atoms with Crippen LogP contribution in [0.2, 0.25) is 5.02 Å². The van der Waals surface area contributed by atoms with Gasteiger partial charge in [-0.05, 0) is 69.2 Å². The van der Waals surface area contributed by atoms with Crippen LogP contribution < -0.4 is 14.4 Å². The van der Waals surface area contributed by atoms with Crippen LogP contribution in [0.5, 0.6) is 5.75 Å². The summed E-state index contributed by atoms with van der Waals surface area (Å²) in [6, 6.07) is 28.5. The Morgan fingerprint density at radius 2 is 1.50 bits per heavy atom. The van der Waals surface area contributed by atoms with Crippen LogP contribution in [0.1, 0.15) is 37.5 Å². The van der Waals surface area contributed by atoms with E-state index >= 15 is 0 Å². The van der Waals surface area contributed by atoms with Gasteiger partial charge in [-0.15, -0.1) is 0 Å². The molecule has 0 bridgehead atoms. The fraction of sp³-hybridized carbons (Fsp3) is 0.278. The Morgan fingerprint density at radius 3 is 2.15 bits per heavy atom. The van der Waals surface area contributed by atoms with E-state index in [1.54, 1.807) is 67.6 Å². The van der Waals surface area contributed by atoms with Gasteiger partial charge >= 0.3 is 0 Å². The van der Waals surface area contributed by atoms with E-state index in [-0.39, 0.29) is 42.1 Å². The highest BCUT2D eigenvalue weighted by molar-refractivity contribution is 7.92. The van der Waals surface area contributed by atoms with Crippen LogP contribution in [0, 0.1) is 6.92 Å². The number of aryl methyl sites for hydroxylation is 1. The van der Waals surface area contributed by atoms with Crippen molar-refractivity contribution in [1.29, 1.82) is 0 Å². The molecule has 4 aromatic rings. The van der Waals surface area contributed by atoms with Crippen molar-refractivity contribution in [2.45, 2.75) is 57.6 Å². The minimum atomic E-state index is -4.27. The molecule has 0 aromatic heterocycles. The van der Waals surface area contributed by atoms with Crippen molar-refractivity contribution in [3.63, 3.8) is 0 Å². The SMILES string of the molecule is CCOc1ccccc1N(CC(=O)N(Cc1ccccc1Cl)[C@@H](Cc1ccccc1)C(=O)NC(C)C)S(=O)(=O)c1ccc(C)cc1. The Balaban J connectivity index is 1.85. The van der Waals surface area contributed by atoms with Crippen LogP contribution in [0.4, 0.5) is 5.69 Å². The van der Waals surface area contributed by atoms with E-state index in [1.165, 1.54) is 17.0 Å². The number of anilines is 1. The van der Waals surface area contributed by atoms with E-state index < -0.39 is 28.5 Å². The highest BCUT2D eigenvalue weighted by atomic mass is 35.5. The van der Waals surface area contributed by atoms with Crippen LogP contribution in [0.15, 0.2) is 108 Å². The topological polar surface area (TPSA) is 96.0 Å². The smallest absolute Gasteiger partial charge is 0.264 e. The van der Waals surface area contributed by atoms with Gasteiger partial charge in [-0.3, -0.25) is 13.9 Å². The number of benzene rings is 4. The lowest BCUT2D eigenvalue weighted by atomic mass is 10.0. The van der Waals surface area contributed by atoms with Gasteiger partial charge in [-0.1, -0.05) is 90.0 Å². The molecule has 10 heteroatoms. The summed E-state index contributed by atoms with van der Waals surface area (Å²) in [4.78, 5) is 29.9. The molecule has 4 aromatic carbocycles. The Hall–Kier alpha value is -4.34. The van der Waals surface area contributed by atoms with Crippen molar-refractivity contribution in [2.24, 2.45) is 0 Å². The van der Waals surface area contributed by atoms with E-state index in [0.29, 0.717) is 16.3 Å². The molecule has 0 heterocycles. The van der Waals surface area contributed by atoms with E-state index in [2.05, 4.69) is 5.32 Å². The van der Waals surface area contributed by atoms with Gasteiger partial charge in [0.2, 0.25) is 11.8 Å². The molecule has 0 unspecified atom stereocenters. The molecule has 4 rings (SSSR count). The summed E-state index contributed by atoms with van der Waals surface area (Å²) in [6.45, 7) is 7.03. The van der Waals surface area contributed by atoms with Crippen LogP contribution >= 0.6 is 11.6 Å². The summed E-state index contributed by atoms with van der Waals surface area (Å²) in [6.07, 6.45) is 0.204. The molecule has 0 radical (unpaired) electrons. The zero-order chi connectivity index (χ0) is 33.3. The number of amides is 2. The lowest BCUT2D eigenvalue weighted by Crippen LogP contribution is -2.54. The molecule has 0 saturated heterocycles. The summed E-state index contributed by atoms with van der Waals surface area (Å²) in [5.41, 5.74) is 2.56. The zero-order valence-electron chi connectivity index (χ0n) is 26.5. The molecule has 242 valence electrons. The minimum absolute atomic E-state index is 0.0208. The normalized spacial score (nSPS) is 12.0. The minimum Gasteiger partial charge on any atom is -0.492 e. The Labute approximate surface area is 277 Å². The number of sulfonamides is 1. The van der Waals surface area contributed by atoms with Crippen LogP contribution in [0.25, 0.3) is 0 Å². The van der Waals surface area contributed by atoms with Crippen molar-refractivity contribution in [3.05, 3.63) is 125 Å². The quantitative estimate of drug-likeness (QED) is 0.169. The first-order valence-corrected chi connectivity index (χ1v) is 17.0. The first-order valence-electron chi connectivity index (χ1n) is 15.2. The number of para-hydroxylation sites is 2. The molecule has 0 aliphatic rings.